The number of alkyl halides is 1. The Hall–Kier alpha value is -0.920. The van der Waals surface area contributed by atoms with E-state index in [1.54, 1.807) is 13.0 Å². The zero-order valence-electron chi connectivity index (χ0n) is 16.9. The van der Waals surface area contributed by atoms with Crippen LogP contribution in [-0.4, -0.2) is 50.6 Å². The molecule has 0 aromatic carbocycles. The van der Waals surface area contributed by atoms with Gasteiger partial charge in [-0.15, -0.1) is 22.9 Å². The summed E-state index contributed by atoms with van der Waals surface area (Å²) in [4.78, 5) is 12.4. The van der Waals surface area contributed by atoms with Gasteiger partial charge in [0.25, 0.3) is 0 Å². The summed E-state index contributed by atoms with van der Waals surface area (Å²) < 4.78 is 0. The van der Waals surface area contributed by atoms with Crippen LogP contribution in [0.4, 0.5) is 0 Å². The van der Waals surface area contributed by atoms with Crippen molar-refractivity contribution in [3.05, 3.63) is 34.0 Å². The van der Waals surface area contributed by atoms with E-state index in [9.17, 15) is 20.1 Å². The fourth-order valence-corrected chi connectivity index (χ4v) is 5.45. The summed E-state index contributed by atoms with van der Waals surface area (Å²) in [6.45, 7) is 1.82. The Morgan fingerprint density at radius 2 is 2.10 bits per heavy atom. The maximum atomic E-state index is 11.0. The minimum Gasteiger partial charge on any atom is -0.477 e. The molecule has 1 heterocycles. The van der Waals surface area contributed by atoms with Crippen molar-refractivity contribution < 1.29 is 25.2 Å². The van der Waals surface area contributed by atoms with Gasteiger partial charge in [0.05, 0.1) is 12.2 Å². The first-order valence-corrected chi connectivity index (χ1v) is 11.7. The molecular formula is C22H33ClO5S. The number of rotatable bonds is 12. The lowest BCUT2D eigenvalue weighted by Crippen LogP contribution is -2.19. The van der Waals surface area contributed by atoms with E-state index in [-0.39, 0.29) is 35.8 Å². The smallest absolute Gasteiger partial charge is 0.345 e. The molecule has 0 bridgehead atoms. The molecule has 0 amide bonds. The second-order valence-electron chi connectivity index (χ2n) is 8.13. The van der Waals surface area contributed by atoms with Gasteiger partial charge in [-0.1, -0.05) is 18.6 Å². The lowest BCUT2D eigenvalue weighted by molar-refractivity contribution is 0.0702. The fourth-order valence-electron chi connectivity index (χ4n) is 4.08. The Morgan fingerprint density at radius 1 is 1.34 bits per heavy atom. The number of carboxylic acid groups (broad SMARTS) is 1. The summed E-state index contributed by atoms with van der Waals surface area (Å²) in [6, 6.07) is 3.51. The molecule has 1 aliphatic rings. The lowest BCUT2D eigenvalue weighted by atomic mass is 9.88. The van der Waals surface area contributed by atoms with Crippen LogP contribution in [0.1, 0.15) is 60.0 Å². The summed E-state index contributed by atoms with van der Waals surface area (Å²) in [5, 5.41) is 38.4. The van der Waals surface area contributed by atoms with Crippen LogP contribution in [0, 0.1) is 17.8 Å². The molecule has 29 heavy (non-hydrogen) atoms. The number of halogens is 1. The van der Waals surface area contributed by atoms with Gasteiger partial charge in [-0.3, -0.25) is 0 Å². The highest BCUT2D eigenvalue weighted by atomic mass is 35.5. The number of aliphatic hydroxyl groups excluding tert-OH is 3. The first-order valence-electron chi connectivity index (χ1n) is 10.4. The molecule has 4 N–H and O–H groups in total. The third-order valence-electron chi connectivity index (χ3n) is 5.74. The first-order chi connectivity index (χ1) is 13.8. The van der Waals surface area contributed by atoms with Crippen LogP contribution in [0.15, 0.2) is 24.3 Å². The number of carbonyl (C=O) groups is 1. The highest BCUT2D eigenvalue weighted by Gasteiger charge is 2.39. The van der Waals surface area contributed by atoms with Crippen molar-refractivity contribution in [1.82, 2.24) is 0 Å². The minimum absolute atomic E-state index is 0.0246. The molecule has 1 saturated carbocycles. The summed E-state index contributed by atoms with van der Waals surface area (Å²) >= 11 is 7.83. The van der Waals surface area contributed by atoms with Crippen LogP contribution in [0.2, 0.25) is 0 Å². The Kier molecular flexibility index (Phi) is 10.1. The standard InChI is InChI=1S/C22H33ClO5S/c1-14(25)4-2-5-15(13-24)8-10-18-17(19(23)12-20(18)26)7-3-6-16-9-11-21(29-16)22(27)28/h8-11,14-15,17-20,24-26H,2-7,12-13H2,1H3,(H,27,28)/t14-,15?,17-,18-,19-,20-/m1/s1. The predicted octanol–water partition coefficient (Wildman–Crippen LogP) is 4.09. The van der Waals surface area contributed by atoms with E-state index in [1.165, 1.54) is 11.3 Å². The van der Waals surface area contributed by atoms with E-state index < -0.39 is 12.1 Å². The van der Waals surface area contributed by atoms with Crippen molar-refractivity contribution in [2.75, 3.05) is 6.61 Å². The Labute approximate surface area is 182 Å². The van der Waals surface area contributed by atoms with Gasteiger partial charge in [-0.25, -0.2) is 4.79 Å². The first kappa shape index (κ1) is 24.4. The SMILES string of the molecule is C[C@@H](O)CCCC(C=C[C@@H]1[C@@H](CCCc2ccc(C(=O)O)s2)[C@H](Cl)C[C@H]1O)CO. The Morgan fingerprint density at radius 3 is 2.72 bits per heavy atom. The number of aliphatic hydroxyl groups is 3. The topological polar surface area (TPSA) is 98.0 Å². The van der Waals surface area contributed by atoms with Gasteiger partial charge in [-0.2, -0.15) is 0 Å². The molecule has 1 aliphatic carbocycles. The highest BCUT2D eigenvalue weighted by Crippen LogP contribution is 2.40. The highest BCUT2D eigenvalue weighted by molar-refractivity contribution is 7.13. The normalized spacial score (nSPS) is 26.8. The van der Waals surface area contributed by atoms with E-state index in [1.807, 2.05) is 18.2 Å². The van der Waals surface area contributed by atoms with Crippen LogP contribution in [0.5, 0.6) is 0 Å². The molecule has 0 saturated heterocycles. The average molecular weight is 445 g/mol. The summed E-state index contributed by atoms with van der Waals surface area (Å²) in [5.74, 6) is -0.727. The van der Waals surface area contributed by atoms with Crippen LogP contribution in [0.3, 0.4) is 0 Å². The van der Waals surface area contributed by atoms with E-state index >= 15 is 0 Å². The quantitative estimate of drug-likeness (QED) is 0.287. The zero-order chi connectivity index (χ0) is 21.4. The van der Waals surface area contributed by atoms with E-state index in [2.05, 4.69) is 0 Å². The molecular weight excluding hydrogens is 412 g/mol. The number of aromatic carboxylic acids is 1. The monoisotopic (exact) mass is 444 g/mol. The van der Waals surface area contributed by atoms with Crippen molar-refractivity contribution >= 4 is 28.9 Å². The van der Waals surface area contributed by atoms with Gasteiger partial charge in [0.15, 0.2) is 0 Å². The number of hydrogen-bond donors (Lipinski definition) is 4. The molecule has 6 atom stereocenters. The third kappa shape index (κ3) is 7.68. The molecule has 164 valence electrons. The maximum Gasteiger partial charge on any atom is 0.345 e. The van der Waals surface area contributed by atoms with Crippen LogP contribution >= 0.6 is 22.9 Å². The van der Waals surface area contributed by atoms with Crippen molar-refractivity contribution in [1.29, 1.82) is 0 Å². The molecule has 1 aromatic rings. The van der Waals surface area contributed by atoms with Gasteiger partial charge >= 0.3 is 5.97 Å². The van der Waals surface area contributed by atoms with Crippen molar-refractivity contribution in [2.24, 2.45) is 17.8 Å². The molecule has 5 nitrogen and oxygen atoms in total. The van der Waals surface area contributed by atoms with Gasteiger partial charge in [0.2, 0.25) is 0 Å². The Bertz CT molecular complexity index is 659. The molecule has 1 aromatic heterocycles. The van der Waals surface area contributed by atoms with Crippen molar-refractivity contribution in [3.63, 3.8) is 0 Å². The number of carboxylic acids is 1. The van der Waals surface area contributed by atoms with Crippen LogP contribution < -0.4 is 0 Å². The maximum absolute atomic E-state index is 11.0. The zero-order valence-corrected chi connectivity index (χ0v) is 18.5. The number of hydrogen-bond acceptors (Lipinski definition) is 5. The number of aryl methyl sites for hydroxylation is 1. The molecule has 2 rings (SSSR count). The largest absolute Gasteiger partial charge is 0.477 e. The second kappa shape index (κ2) is 12.1. The van der Waals surface area contributed by atoms with Gasteiger partial charge < -0.3 is 20.4 Å². The lowest BCUT2D eigenvalue weighted by Gasteiger charge is -2.21. The minimum atomic E-state index is -0.891. The molecule has 0 spiro atoms. The van der Waals surface area contributed by atoms with Gasteiger partial charge in [0, 0.05) is 22.8 Å². The number of thiophene rings is 1. The molecule has 7 heteroatoms. The van der Waals surface area contributed by atoms with E-state index in [0.29, 0.717) is 11.3 Å². The van der Waals surface area contributed by atoms with Gasteiger partial charge in [0.1, 0.15) is 4.88 Å². The predicted molar refractivity (Wildman–Crippen MR) is 117 cm³/mol. The van der Waals surface area contributed by atoms with E-state index in [4.69, 9.17) is 16.7 Å². The molecule has 1 fully saturated rings. The van der Waals surface area contributed by atoms with Crippen molar-refractivity contribution in [2.45, 2.75) is 69.5 Å². The third-order valence-corrected chi connectivity index (χ3v) is 7.37. The summed E-state index contributed by atoms with van der Waals surface area (Å²) in [5.41, 5.74) is 0. The summed E-state index contributed by atoms with van der Waals surface area (Å²) in [6.07, 6.45) is 8.72. The molecule has 0 radical (unpaired) electrons. The van der Waals surface area contributed by atoms with Crippen molar-refractivity contribution in [3.8, 4) is 0 Å². The second-order valence-corrected chi connectivity index (χ2v) is 9.86. The fraction of sp³-hybridized carbons (Fsp3) is 0.682. The molecule has 0 aliphatic heterocycles. The Balaban J connectivity index is 1.88. The average Bonchev–Trinajstić information content (AvgIpc) is 3.23. The van der Waals surface area contributed by atoms with Crippen LogP contribution in [-0.2, 0) is 6.42 Å². The summed E-state index contributed by atoms with van der Waals surface area (Å²) in [7, 11) is 0. The van der Waals surface area contributed by atoms with E-state index in [0.717, 1.165) is 43.4 Å². The van der Waals surface area contributed by atoms with Crippen LogP contribution in [0.25, 0.3) is 0 Å². The van der Waals surface area contributed by atoms with Gasteiger partial charge in [-0.05, 0) is 69.4 Å². The molecule has 1 unspecified atom stereocenters.